The molecular formula is C15H11ClN4O3. The van der Waals surface area contributed by atoms with Crippen LogP contribution in [-0.2, 0) is 0 Å². The molecule has 0 aliphatic rings. The maximum absolute atomic E-state index is 12.4. The molecule has 1 heterocycles. The fraction of sp³-hybridized carbons (Fsp3) is 0. The van der Waals surface area contributed by atoms with Crippen LogP contribution in [0.2, 0.25) is 5.02 Å². The molecule has 0 aliphatic carbocycles. The van der Waals surface area contributed by atoms with Crippen molar-refractivity contribution in [2.75, 3.05) is 11.1 Å². The van der Waals surface area contributed by atoms with Crippen molar-refractivity contribution in [1.29, 1.82) is 0 Å². The summed E-state index contributed by atoms with van der Waals surface area (Å²) in [6, 6.07) is 12.5. The summed E-state index contributed by atoms with van der Waals surface area (Å²) in [5.41, 5.74) is 5.72. The maximum Gasteiger partial charge on any atom is 0.372 e. The third kappa shape index (κ3) is 2.58. The molecule has 8 heteroatoms. The number of anilines is 2. The Bertz CT molecular complexity index is 930. The number of hydrogen-bond acceptors (Lipinski definition) is 4. The van der Waals surface area contributed by atoms with Gasteiger partial charge in [0.05, 0.1) is 0 Å². The predicted molar refractivity (Wildman–Crippen MR) is 85.7 cm³/mol. The molecule has 0 radical (unpaired) electrons. The Morgan fingerprint density at radius 1 is 1.04 bits per heavy atom. The van der Waals surface area contributed by atoms with Crippen LogP contribution in [0.15, 0.2) is 48.5 Å². The van der Waals surface area contributed by atoms with Gasteiger partial charge in [-0.2, -0.15) is 0 Å². The van der Waals surface area contributed by atoms with Crippen LogP contribution < -0.4 is 20.5 Å². The largest absolute Gasteiger partial charge is 0.710 e. The minimum absolute atomic E-state index is 0.0490. The second-order valence-corrected chi connectivity index (χ2v) is 5.21. The molecule has 3 aromatic rings. The quantitative estimate of drug-likeness (QED) is 0.549. The number of rotatable bonds is 2. The summed E-state index contributed by atoms with van der Waals surface area (Å²) in [6.07, 6.45) is 0. The van der Waals surface area contributed by atoms with Crippen LogP contribution in [0.1, 0.15) is 10.5 Å². The van der Waals surface area contributed by atoms with E-state index in [-0.39, 0.29) is 11.0 Å². The van der Waals surface area contributed by atoms with Gasteiger partial charge in [-0.1, -0.05) is 29.8 Å². The number of nitrogens with two attached hydrogens (primary N) is 1. The Labute approximate surface area is 135 Å². The zero-order valence-corrected chi connectivity index (χ0v) is 12.4. The van der Waals surface area contributed by atoms with E-state index in [1.165, 1.54) is 18.2 Å². The van der Waals surface area contributed by atoms with E-state index in [2.05, 4.69) is 5.32 Å². The van der Waals surface area contributed by atoms with E-state index in [1.807, 2.05) is 0 Å². The normalized spacial score (nSPS) is 10.7. The molecule has 7 nitrogen and oxygen atoms in total. The smallest absolute Gasteiger partial charge is 0.372 e. The van der Waals surface area contributed by atoms with Gasteiger partial charge in [0.15, 0.2) is 0 Å². The van der Waals surface area contributed by atoms with E-state index < -0.39 is 17.4 Å². The van der Waals surface area contributed by atoms with Crippen LogP contribution in [0.3, 0.4) is 0 Å². The number of aromatic nitrogens is 2. The Hall–Kier alpha value is -3.06. The highest BCUT2D eigenvalue weighted by Gasteiger charge is 2.30. The molecule has 0 bridgehead atoms. The third-order valence-electron chi connectivity index (χ3n) is 3.28. The summed E-state index contributed by atoms with van der Waals surface area (Å²) < 4.78 is 0.704. The number of nitrogens with zero attached hydrogens (tertiary/aromatic N) is 2. The Morgan fingerprint density at radius 2 is 1.70 bits per heavy atom. The van der Waals surface area contributed by atoms with Crippen LogP contribution in [-0.4, -0.2) is 5.91 Å². The standard InChI is InChI=1S/C15H11ClN4O3/c16-9-4-3-5-10(8-9)18-15(21)13-14(17)20(23)12-7-2-1-6-11(12)19(13)22/h1-8H,17H2,(H,18,21). The van der Waals surface area contributed by atoms with Gasteiger partial charge in [0.2, 0.25) is 5.52 Å². The van der Waals surface area contributed by atoms with Crippen molar-refractivity contribution in [1.82, 2.24) is 0 Å². The number of halogens is 1. The van der Waals surface area contributed by atoms with Crippen molar-refractivity contribution in [2.24, 2.45) is 0 Å². The monoisotopic (exact) mass is 330 g/mol. The van der Waals surface area contributed by atoms with Gasteiger partial charge in [-0.3, -0.25) is 10.5 Å². The number of benzene rings is 2. The van der Waals surface area contributed by atoms with Crippen LogP contribution in [0.5, 0.6) is 0 Å². The summed E-state index contributed by atoms with van der Waals surface area (Å²) in [5, 5.41) is 27.5. The summed E-state index contributed by atoms with van der Waals surface area (Å²) in [5.74, 6) is -1.27. The van der Waals surface area contributed by atoms with Gasteiger partial charge in [-0.15, -0.1) is 4.73 Å². The molecule has 3 N–H and O–H groups in total. The van der Waals surface area contributed by atoms with Gasteiger partial charge < -0.3 is 15.7 Å². The number of carbonyl (C=O) groups is 1. The van der Waals surface area contributed by atoms with E-state index >= 15 is 0 Å². The molecule has 1 amide bonds. The first-order chi connectivity index (χ1) is 11.0. The second kappa shape index (κ2) is 5.62. The minimum Gasteiger partial charge on any atom is -0.710 e. The number of nitrogens with one attached hydrogen (secondary N) is 1. The molecule has 0 unspecified atom stereocenters. The van der Waals surface area contributed by atoms with Crippen molar-refractivity contribution in [3.8, 4) is 0 Å². The fourth-order valence-electron chi connectivity index (χ4n) is 2.22. The SMILES string of the molecule is Nc1c(C(=O)Nc2cccc(Cl)c2)[n+]([O-])c2ccccc2[n+]1[O-]. The lowest BCUT2D eigenvalue weighted by molar-refractivity contribution is -0.619. The van der Waals surface area contributed by atoms with Gasteiger partial charge >= 0.3 is 17.4 Å². The van der Waals surface area contributed by atoms with E-state index in [0.29, 0.717) is 20.2 Å². The molecule has 116 valence electrons. The Balaban J connectivity index is 2.10. The van der Waals surface area contributed by atoms with Crippen LogP contribution in [0.25, 0.3) is 11.0 Å². The van der Waals surface area contributed by atoms with Crippen molar-refractivity contribution in [2.45, 2.75) is 0 Å². The molecule has 0 spiro atoms. The van der Waals surface area contributed by atoms with Crippen molar-refractivity contribution in [3.05, 3.63) is 69.7 Å². The molecular weight excluding hydrogens is 320 g/mol. The number of carbonyl (C=O) groups excluding carboxylic acids is 1. The molecule has 3 rings (SSSR count). The molecule has 0 atom stereocenters. The summed E-state index contributed by atoms with van der Waals surface area (Å²) in [6.45, 7) is 0. The van der Waals surface area contributed by atoms with Gasteiger partial charge in [-0.05, 0) is 24.3 Å². The van der Waals surface area contributed by atoms with Gasteiger partial charge in [-0.25, -0.2) is 4.73 Å². The van der Waals surface area contributed by atoms with E-state index in [1.54, 1.807) is 30.3 Å². The van der Waals surface area contributed by atoms with Gasteiger partial charge in [0.25, 0.3) is 5.52 Å². The lowest BCUT2D eigenvalue weighted by Gasteiger charge is -2.13. The Kier molecular flexibility index (Phi) is 3.63. The third-order valence-corrected chi connectivity index (χ3v) is 3.52. The first kappa shape index (κ1) is 14.9. The molecule has 0 aliphatic heterocycles. The van der Waals surface area contributed by atoms with Gasteiger partial charge in [0, 0.05) is 16.8 Å². The highest BCUT2D eigenvalue weighted by atomic mass is 35.5. The van der Waals surface area contributed by atoms with E-state index in [9.17, 15) is 15.2 Å². The fourth-order valence-corrected chi connectivity index (χ4v) is 2.41. The van der Waals surface area contributed by atoms with E-state index in [0.717, 1.165) is 0 Å². The molecule has 2 aromatic carbocycles. The van der Waals surface area contributed by atoms with E-state index in [4.69, 9.17) is 17.3 Å². The van der Waals surface area contributed by atoms with Crippen molar-refractivity contribution < 1.29 is 14.3 Å². The number of amides is 1. The number of hydrogen-bond donors (Lipinski definition) is 2. The first-order valence-electron chi connectivity index (χ1n) is 6.59. The second-order valence-electron chi connectivity index (χ2n) is 4.78. The average molecular weight is 331 g/mol. The average Bonchev–Trinajstić information content (AvgIpc) is 2.53. The van der Waals surface area contributed by atoms with Gasteiger partial charge in [0.1, 0.15) is 0 Å². The van der Waals surface area contributed by atoms with Crippen molar-refractivity contribution >= 4 is 40.0 Å². The summed E-state index contributed by atoms with van der Waals surface area (Å²) >= 11 is 5.84. The zero-order valence-electron chi connectivity index (χ0n) is 11.7. The number of nitrogen functional groups attached to an aromatic ring is 1. The zero-order chi connectivity index (χ0) is 16.6. The summed E-state index contributed by atoms with van der Waals surface area (Å²) in [7, 11) is 0. The molecule has 1 aromatic heterocycles. The van der Waals surface area contributed by atoms with Crippen LogP contribution in [0.4, 0.5) is 11.5 Å². The maximum atomic E-state index is 12.4. The molecule has 23 heavy (non-hydrogen) atoms. The first-order valence-corrected chi connectivity index (χ1v) is 6.97. The minimum atomic E-state index is -0.796. The topological polar surface area (TPSA) is 109 Å². The Morgan fingerprint density at radius 3 is 2.35 bits per heavy atom. The van der Waals surface area contributed by atoms with Crippen LogP contribution >= 0.6 is 11.6 Å². The number of para-hydroxylation sites is 2. The number of fused-ring (bicyclic) bond motifs is 1. The lowest BCUT2D eigenvalue weighted by Crippen LogP contribution is -2.47. The lowest BCUT2D eigenvalue weighted by atomic mass is 10.2. The highest BCUT2D eigenvalue weighted by Crippen LogP contribution is 2.17. The molecule has 0 saturated heterocycles. The van der Waals surface area contributed by atoms with Crippen molar-refractivity contribution in [3.63, 3.8) is 0 Å². The summed E-state index contributed by atoms with van der Waals surface area (Å²) in [4.78, 5) is 12.4. The molecule has 0 fully saturated rings. The highest BCUT2D eigenvalue weighted by molar-refractivity contribution is 6.30. The molecule has 0 saturated carbocycles. The van der Waals surface area contributed by atoms with Crippen LogP contribution in [0, 0.1) is 10.4 Å². The predicted octanol–water partition coefficient (Wildman–Crippen LogP) is 1.59.